The van der Waals surface area contributed by atoms with Crippen molar-refractivity contribution in [1.29, 1.82) is 5.26 Å². The minimum Gasteiger partial charge on any atom is -0.348 e. The number of ether oxygens (including phenoxy) is 1. The highest BCUT2D eigenvalue weighted by Gasteiger charge is 2.40. The molecule has 1 aliphatic heterocycles. The summed E-state index contributed by atoms with van der Waals surface area (Å²) < 4.78 is 5.02. The van der Waals surface area contributed by atoms with Gasteiger partial charge < -0.3 is 4.74 Å². The summed E-state index contributed by atoms with van der Waals surface area (Å²) in [6, 6.07) is 8.01. The minimum absolute atomic E-state index is 0.0444. The van der Waals surface area contributed by atoms with Crippen molar-refractivity contribution >= 4 is 5.69 Å². The summed E-state index contributed by atoms with van der Waals surface area (Å²) in [7, 11) is 0. The average molecular weight is 190 g/mol. The van der Waals surface area contributed by atoms with Gasteiger partial charge in [-0.2, -0.15) is 5.26 Å². The van der Waals surface area contributed by atoms with Crippen molar-refractivity contribution in [2.75, 3.05) is 0 Å². The Hall–Kier alpha value is -1.93. The van der Waals surface area contributed by atoms with Gasteiger partial charge in [0.1, 0.15) is 6.10 Å². The molecule has 5 nitrogen and oxygen atoms in total. The summed E-state index contributed by atoms with van der Waals surface area (Å²) in [5.74, 6) is 0. The SMILES string of the molecule is N#CC1OC1c1ccc([N+](=O)[O-])cc1. The van der Waals surface area contributed by atoms with E-state index in [-0.39, 0.29) is 11.8 Å². The molecule has 0 bridgehead atoms. The van der Waals surface area contributed by atoms with E-state index in [0.29, 0.717) is 0 Å². The van der Waals surface area contributed by atoms with Crippen molar-refractivity contribution in [1.82, 2.24) is 0 Å². The monoisotopic (exact) mass is 190 g/mol. The van der Waals surface area contributed by atoms with Crippen LogP contribution in [0.25, 0.3) is 0 Å². The molecule has 0 aromatic heterocycles. The van der Waals surface area contributed by atoms with E-state index >= 15 is 0 Å². The van der Waals surface area contributed by atoms with Crippen molar-refractivity contribution in [3.05, 3.63) is 39.9 Å². The number of benzene rings is 1. The number of nitro benzene ring substituents is 1. The normalized spacial score (nSPS) is 23.9. The molecule has 5 heteroatoms. The first-order valence-corrected chi connectivity index (χ1v) is 4.02. The van der Waals surface area contributed by atoms with Crippen LogP contribution in [0.3, 0.4) is 0 Å². The topological polar surface area (TPSA) is 79.5 Å². The highest BCUT2D eigenvalue weighted by molar-refractivity contribution is 5.36. The molecule has 0 radical (unpaired) electrons. The largest absolute Gasteiger partial charge is 0.348 e. The smallest absolute Gasteiger partial charge is 0.269 e. The summed E-state index contributed by atoms with van der Waals surface area (Å²) >= 11 is 0. The van der Waals surface area contributed by atoms with E-state index in [1.54, 1.807) is 12.1 Å². The van der Waals surface area contributed by atoms with E-state index < -0.39 is 11.0 Å². The Kier molecular flexibility index (Phi) is 1.91. The molecule has 1 aliphatic rings. The molecule has 0 aliphatic carbocycles. The summed E-state index contributed by atoms with van der Waals surface area (Å²) in [5, 5.41) is 18.8. The van der Waals surface area contributed by atoms with Crippen LogP contribution < -0.4 is 0 Å². The first kappa shape index (κ1) is 8.66. The third-order valence-electron chi connectivity index (χ3n) is 2.05. The standard InChI is InChI=1S/C9H6N2O3/c10-5-8-9(14-8)6-1-3-7(4-2-6)11(12)13/h1-4,8-9H. The highest BCUT2D eigenvalue weighted by atomic mass is 16.6. The van der Waals surface area contributed by atoms with Gasteiger partial charge in [0.25, 0.3) is 5.69 Å². The van der Waals surface area contributed by atoms with Gasteiger partial charge in [-0.1, -0.05) is 0 Å². The van der Waals surface area contributed by atoms with Crippen LogP contribution in [0, 0.1) is 21.4 Å². The van der Waals surface area contributed by atoms with Crippen LogP contribution >= 0.6 is 0 Å². The number of hydrogen-bond donors (Lipinski definition) is 0. The second kappa shape index (κ2) is 3.09. The van der Waals surface area contributed by atoms with Crippen molar-refractivity contribution in [3.8, 4) is 6.07 Å². The lowest BCUT2D eigenvalue weighted by molar-refractivity contribution is -0.384. The van der Waals surface area contributed by atoms with Gasteiger partial charge in [-0.25, -0.2) is 0 Å². The Balaban J connectivity index is 2.16. The molecule has 70 valence electrons. The Morgan fingerprint density at radius 3 is 2.50 bits per heavy atom. The lowest BCUT2D eigenvalue weighted by Crippen LogP contribution is -1.89. The molecular weight excluding hydrogens is 184 g/mol. The maximum atomic E-state index is 10.3. The van der Waals surface area contributed by atoms with Gasteiger partial charge in [0.2, 0.25) is 0 Å². The van der Waals surface area contributed by atoms with Crippen LogP contribution in [0.4, 0.5) is 5.69 Å². The molecule has 2 rings (SSSR count). The van der Waals surface area contributed by atoms with E-state index in [2.05, 4.69) is 0 Å². The second-order valence-corrected chi connectivity index (χ2v) is 2.96. The van der Waals surface area contributed by atoms with Gasteiger partial charge in [0.15, 0.2) is 6.10 Å². The third kappa shape index (κ3) is 1.43. The molecule has 0 spiro atoms. The van der Waals surface area contributed by atoms with Gasteiger partial charge in [0, 0.05) is 12.1 Å². The Labute approximate surface area is 79.7 Å². The van der Waals surface area contributed by atoms with Gasteiger partial charge in [-0.3, -0.25) is 10.1 Å². The molecule has 0 amide bonds. The maximum absolute atomic E-state index is 10.3. The van der Waals surface area contributed by atoms with Crippen LogP contribution in [0.5, 0.6) is 0 Å². The van der Waals surface area contributed by atoms with E-state index in [0.717, 1.165) is 5.56 Å². The van der Waals surface area contributed by atoms with Gasteiger partial charge >= 0.3 is 0 Å². The number of rotatable bonds is 2. The van der Waals surface area contributed by atoms with Crippen molar-refractivity contribution in [2.45, 2.75) is 12.2 Å². The zero-order valence-electron chi connectivity index (χ0n) is 7.08. The zero-order valence-corrected chi connectivity index (χ0v) is 7.08. The first-order chi connectivity index (χ1) is 6.72. The van der Waals surface area contributed by atoms with Crippen LogP contribution in [-0.2, 0) is 4.74 Å². The van der Waals surface area contributed by atoms with Gasteiger partial charge in [0.05, 0.1) is 11.0 Å². The van der Waals surface area contributed by atoms with Crippen molar-refractivity contribution < 1.29 is 9.66 Å². The highest BCUT2D eigenvalue weighted by Crippen LogP contribution is 2.38. The number of non-ortho nitro benzene ring substituents is 1. The predicted octanol–water partition coefficient (Wildman–Crippen LogP) is 1.56. The molecule has 1 saturated heterocycles. The number of hydrogen-bond acceptors (Lipinski definition) is 4. The summed E-state index contributed by atoms with van der Waals surface area (Å²) in [6.45, 7) is 0. The number of nitrogens with zero attached hydrogens (tertiary/aromatic N) is 2. The molecule has 2 atom stereocenters. The van der Waals surface area contributed by atoms with E-state index in [9.17, 15) is 10.1 Å². The molecule has 14 heavy (non-hydrogen) atoms. The molecular formula is C9H6N2O3. The Bertz CT molecular complexity index is 407. The molecule has 0 N–H and O–H groups in total. The summed E-state index contributed by atoms with van der Waals surface area (Å²) in [6.07, 6.45) is -0.600. The zero-order chi connectivity index (χ0) is 10.1. The van der Waals surface area contributed by atoms with Crippen LogP contribution in [0.2, 0.25) is 0 Å². The average Bonchev–Trinajstić information content (AvgIpc) is 2.97. The van der Waals surface area contributed by atoms with Crippen molar-refractivity contribution in [3.63, 3.8) is 0 Å². The number of nitro groups is 1. The maximum Gasteiger partial charge on any atom is 0.269 e. The third-order valence-corrected chi connectivity index (χ3v) is 2.05. The van der Waals surface area contributed by atoms with E-state index in [1.807, 2.05) is 6.07 Å². The summed E-state index contributed by atoms with van der Waals surface area (Å²) in [4.78, 5) is 9.88. The fourth-order valence-corrected chi connectivity index (χ4v) is 1.25. The fraction of sp³-hybridized carbons (Fsp3) is 0.222. The van der Waals surface area contributed by atoms with Gasteiger partial charge in [-0.05, 0) is 17.7 Å². The lowest BCUT2D eigenvalue weighted by atomic mass is 10.1. The lowest BCUT2D eigenvalue weighted by Gasteiger charge is -1.93. The van der Waals surface area contributed by atoms with Crippen LogP contribution in [0.1, 0.15) is 11.7 Å². The fourth-order valence-electron chi connectivity index (χ4n) is 1.25. The van der Waals surface area contributed by atoms with E-state index in [1.165, 1.54) is 12.1 Å². The van der Waals surface area contributed by atoms with Crippen LogP contribution in [0.15, 0.2) is 24.3 Å². The Morgan fingerprint density at radius 2 is 2.07 bits per heavy atom. The molecule has 1 heterocycles. The molecule has 1 aromatic rings. The molecule has 1 fully saturated rings. The first-order valence-electron chi connectivity index (χ1n) is 4.02. The molecule has 2 unspecified atom stereocenters. The van der Waals surface area contributed by atoms with Crippen molar-refractivity contribution in [2.24, 2.45) is 0 Å². The number of epoxide rings is 1. The summed E-state index contributed by atoms with van der Waals surface area (Å²) in [5.41, 5.74) is 0.852. The van der Waals surface area contributed by atoms with Gasteiger partial charge in [-0.15, -0.1) is 0 Å². The van der Waals surface area contributed by atoms with E-state index in [4.69, 9.17) is 10.00 Å². The number of nitriles is 1. The Morgan fingerprint density at radius 1 is 1.43 bits per heavy atom. The second-order valence-electron chi connectivity index (χ2n) is 2.96. The minimum atomic E-state index is -0.459. The quantitative estimate of drug-likeness (QED) is 0.402. The van der Waals surface area contributed by atoms with Crippen LogP contribution in [-0.4, -0.2) is 11.0 Å². The predicted molar refractivity (Wildman–Crippen MR) is 46.3 cm³/mol. The molecule has 0 saturated carbocycles. The molecule has 1 aromatic carbocycles.